The number of aryl methyl sites for hydroxylation is 1. The number of hydrogen-bond donors (Lipinski definition) is 1. The topological polar surface area (TPSA) is 95.8 Å². The van der Waals surface area contributed by atoms with Gasteiger partial charge in [0, 0.05) is 55.9 Å². The number of nitrogens with zero attached hydrogens (tertiary/aromatic N) is 6. The van der Waals surface area contributed by atoms with E-state index in [-0.39, 0.29) is 0 Å². The van der Waals surface area contributed by atoms with Crippen LogP contribution in [0, 0.1) is 6.92 Å². The minimum absolute atomic E-state index is 0.314. The van der Waals surface area contributed by atoms with E-state index in [9.17, 15) is 0 Å². The first kappa shape index (κ1) is 21.3. The largest absolute Gasteiger partial charge is 0.361 e. The molecule has 1 saturated heterocycles. The van der Waals surface area contributed by atoms with Crippen molar-refractivity contribution in [2.75, 3.05) is 32.7 Å². The Morgan fingerprint density at radius 1 is 1.16 bits per heavy atom. The quantitative estimate of drug-likeness (QED) is 0.459. The molecule has 0 unspecified atom stereocenters. The summed E-state index contributed by atoms with van der Waals surface area (Å²) in [6.45, 7) is 9.47. The third-order valence-electron chi connectivity index (χ3n) is 4.98. The minimum atomic E-state index is 0.314. The van der Waals surface area contributed by atoms with Gasteiger partial charge < -0.3 is 19.3 Å². The molecule has 10 heteroatoms. The highest BCUT2D eigenvalue weighted by Crippen LogP contribution is 2.20. The van der Waals surface area contributed by atoms with Crippen molar-refractivity contribution in [1.82, 2.24) is 30.4 Å². The van der Waals surface area contributed by atoms with Gasteiger partial charge in [-0.25, -0.2) is 4.99 Å². The predicted octanol–water partition coefficient (Wildman–Crippen LogP) is 2.97. The number of aliphatic imine (C=N–C) groups is 1. The zero-order chi connectivity index (χ0) is 21.6. The molecule has 0 radical (unpaired) electrons. The highest BCUT2D eigenvalue weighted by molar-refractivity contribution is 6.30. The molecule has 1 aliphatic heterocycles. The molecule has 0 bridgehead atoms. The molecule has 164 valence electrons. The standard InChI is InChI=1S/C21H26ClN7O2/c1-3-23-21(29-9-7-28(8-10-29)14-18-11-15(2)30-26-18)24-13-19-25-20(27-31-19)16-5-4-6-17(22)12-16/h4-6,11-12H,3,7-10,13-14H2,1-2H3,(H,23,24). The van der Waals surface area contributed by atoms with Crippen LogP contribution in [0.15, 0.2) is 44.4 Å². The maximum Gasteiger partial charge on any atom is 0.248 e. The Bertz CT molecular complexity index is 1020. The second-order valence-corrected chi connectivity index (χ2v) is 7.82. The van der Waals surface area contributed by atoms with E-state index < -0.39 is 0 Å². The summed E-state index contributed by atoms with van der Waals surface area (Å²) in [6, 6.07) is 9.36. The van der Waals surface area contributed by atoms with E-state index in [1.165, 1.54) is 0 Å². The molecule has 2 aromatic heterocycles. The van der Waals surface area contributed by atoms with Crippen molar-refractivity contribution in [2.45, 2.75) is 26.9 Å². The van der Waals surface area contributed by atoms with Gasteiger partial charge in [0.1, 0.15) is 12.3 Å². The van der Waals surface area contributed by atoms with Crippen LogP contribution in [0.5, 0.6) is 0 Å². The van der Waals surface area contributed by atoms with E-state index in [2.05, 4.69) is 37.3 Å². The third-order valence-corrected chi connectivity index (χ3v) is 5.22. The summed E-state index contributed by atoms with van der Waals surface area (Å²) in [6.07, 6.45) is 0. The third kappa shape index (κ3) is 5.62. The lowest BCUT2D eigenvalue weighted by atomic mass is 10.2. The highest BCUT2D eigenvalue weighted by atomic mass is 35.5. The Morgan fingerprint density at radius 2 is 2.00 bits per heavy atom. The molecule has 3 aromatic rings. The molecule has 1 aliphatic rings. The molecule has 4 rings (SSSR count). The highest BCUT2D eigenvalue weighted by Gasteiger charge is 2.21. The number of benzene rings is 1. The number of nitrogens with one attached hydrogen (secondary N) is 1. The zero-order valence-corrected chi connectivity index (χ0v) is 18.5. The van der Waals surface area contributed by atoms with Crippen molar-refractivity contribution < 1.29 is 9.05 Å². The lowest BCUT2D eigenvalue weighted by Gasteiger charge is -2.36. The van der Waals surface area contributed by atoms with Gasteiger partial charge in [0.15, 0.2) is 5.96 Å². The van der Waals surface area contributed by atoms with Crippen LogP contribution in [0.25, 0.3) is 11.4 Å². The van der Waals surface area contributed by atoms with E-state index in [0.29, 0.717) is 23.3 Å². The summed E-state index contributed by atoms with van der Waals surface area (Å²) in [5.41, 5.74) is 1.79. The van der Waals surface area contributed by atoms with Gasteiger partial charge in [-0.15, -0.1) is 0 Å². The Hall–Kier alpha value is -2.91. The molecular weight excluding hydrogens is 418 g/mol. The van der Waals surface area contributed by atoms with Gasteiger partial charge >= 0.3 is 0 Å². The monoisotopic (exact) mass is 443 g/mol. The number of piperazine rings is 1. The molecule has 0 atom stereocenters. The number of halogens is 1. The Balaban J connectivity index is 1.35. The zero-order valence-electron chi connectivity index (χ0n) is 17.7. The average Bonchev–Trinajstić information content (AvgIpc) is 3.41. The lowest BCUT2D eigenvalue weighted by Crippen LogP contribution is -2.52. The van der Waals surface area contributed by atoms with Gasteiger partial charge in [-0.05, 0) is 26.0 Å². The maximum absolute atomic E-state index is 6.05. The molecule has 1 aromatic carbocycles. The molecule has 31 heavy (non-hydrogen) atoms. The fraction of sp³-hybridized carbons (Fsp3) is 0.429. The average molecular weight is 444 g/mol. The molecule has 0 spiro atoms. The number of aromatic nitrogens is 3. The molecule has 1 N–H and O–H groups in total. The van der Waals surface area contributed by atoms with Crippen LogP contribution in [-0.4, -0.2) is 63.8 Å². The molecular formula is C21H26ClN7O2. The Kier molecular flexibility index (Phi) is 6.83. The minimum Gasteiger partial charge on any atom is -0.361 e. The van der Waals surface area contributed by atoms with E-state index in [1.54, 1.807) is 0 Å². The van der Waals surface area contributed by atoms with Crippen molar-refractivity contribution in [3.05, 3.63) is 52.7 Å². The summed E-state index contributed by atoms with van der Waals surface area (Å²) in [5.74, 6) is 2.66. The smallest absolute Gasteiger partial charge is 0.248 e. The van der Waals surface area contributed by atoms with Gasteiger partial charge in [0.05, 0.1) is 5.69 Å². The van der Waals surface area contributed by atoms with Gasteiger partial charge in [-0.3, -0.25) is 4.90 Å². The van der Waals surface area contributed by atoms with Crippen LogP contribution < -0.4 is 5.32 Å². The summed E-state index contributed by atoms with van der Waals surface area (Å²) in [7, 11) is 0. The van der Waals surface area contributed by atoms with Gasteiger partial charge in [0.2, 0.25) is 11.7 Å². The maximum atomic E-state index is 6.05. The van der Waals surface area contributed by atoms with Crippen molar-refractivity contribution in [1.29, 1.82) is 0 Å². The molecule has 0 saturated carbocycles. The fourth-order valence-corrected chi connectivity index (χ4v) is 3.66. The Labute approximate surface area is 186 Å². The Morgan fingerprint density at radius 3 is 2.71 bits per heavy atom. The molecule has 3 heterocycles. The van der Waals surface area contributed by atoms with E-state index in [4.69, 9.17) is 25.6 Å². The van der Waals surface area contributed by atoms with Gasteiger partial charge in [-0.1, -0.05) is 34.0 Å². The van der Waals surface area contributed by atoms with Gasteiger partial charge in [0.25, 0.3) is 0 Å². The van der Waals surface area contributed by atoms with E-state index in [1.807, 2.05) is 37.3 Å². The van der Waals surface area contributed by atoms with Crippen LogP contribution in [0.1, 0.15) is 24.3 Å². The number of guanidine groups is 1. The van der Waals surface area contributed by atoms with Crippen LogP contribution in [-0.2, 0) is 13.1 Å². The second-order valence-electron chi connectivity index (χ2n) is 7.38. The van der Waals surface area contributed by atoms with Crippen LogP contribution in [0.4, 0.5) is 0 Å². The summed E-state index contributed by atoms with van der Waals surface area (Å²) in [4.78, 5) is 13.8. The lowest BCUT2D eigenvalue weighted by molar-refractivity contribution is 0.169. The van der Waals surface area contributed by atoms with Crippen molar-refractivity contribution >= 4 is 17.6 Å². The van der Waals surface area contributed by atoms with E-state index in [0.717, 1.165) is 62.2 Å². The van der Waals surface area contributed by atoms with Crippen LogP contribution in [0.3, 0.4) is 0 Å². The number of hydrogen-bond acceptors (Lipinski definition) is 7. The second kappa shape index (κ2) is 9.93. The summed E-state index contributed by atoms with van der Waals surface area (Å²) < 4.78 is 10.5. The molecule has 0 aliphatic carbocycles. The first-order valence-electron chi connectivity index (χ1n) is 10.4. The van der Waals surface area contributed by atoms with Gasteiger partial charge in [-0.2, -0.15) is 4.98 Å². The number of rotatable bonds is 6. The molecule has 9 nitrogen and oxygen atoms in total. The normalized spacial score (nSPS) is 15.5. The first-order valence-corrected chi connectivity index (χ1v) is 10.7. The molecule has 1 fully saturated rings. The summed E-state index contributed by atoms with van der Waals surface area (Å²) >= 11 is 6.05. The van der Waals surface area contributed by atoms with Crippen molar-refractivity contribution in [3.8, 4) is 11.4 Å². The summed E-state index contributed by atoms with van der Waals surface area (Å²) in [5, 5.41) is 12.1. The first-order chi connectivity index (χ1) is 15.1. The fourth-order valence-electron chi connectivity index (χ4n) is 3.47. The van der Waals surface area contributed by atoms with Crippen LogP contribution >= 0.6 is 11.6 Å². The predicted molar refractivity (Wildman–Crippen MR) is 118 cm³/mol. The SMILES string of the molecule is CCNC(=NCc1nc(-c2cccc(Cl)c2)no1)N1CCN(Cc2cc(C)on2)CC1. The van der Waals surface area contributed by atoms with Crippen molar-refractivity contribution in [3.63, 3.8) is 0 Å². The molecule has 0 amide bonds. The van der Waals surface area contributed by atoms with Crippen molar-refractivity contribution in [2.24, 2.45) is 4.99 Å². The van der Waals surface area contributed by atoms with Crippen LogP contribution in [0.2, 0.25) is 5.02 Å². The van der Waals surface area contributed by atoms with E-state index >= 15 is 0 Å².